The summed E-state index contributed by atoms with van der Waals surface area (Å²) in [6, 6.07) is 0. The van der Waals surface area contributed by atoms with Crippen LogP contribution in [-0.2, 0) is 9.53 Å². The van der Waals surface area contributed by atoms with E-state index in [-0.39, 0.29) is 11.8 Å². The molecule has 0 atom stereocenters. The number of carbonyl (C=O) groups is 1. The van der Waals surface area contributed by atoms with Gasteiger partial charge in [-0.15, -0.1) is 0 Å². The lowest BCUT2D eigenvalue weighted by Gasteiger charge is -2.32. The number of hydrogen-bond donors (Lipinski definition) is 1. The summed E-state index contributed by atoms with van der Waals surface area (Å²) in [5, 5.41) is 3.93. The minimum atomic E-state index is 0.0544. The summed E-state index contributed by atoms with van der Waals surface area (Å²) in [6.07, 6.45) is 1.64. The normalized spacial score (nSPS) is 15.8. The summed E-state index contributed by atoms with van der Waals surface area (Å²) in [5.74, 6) is 2.68. The number of amides is 1. The van der Waals surface area contributed by atoms with E-state index in [0.29, 0.717) is 24.7 Å². The fourth-order valence-electron chi connectivity index (χ4n) is 3.34. The Morgan fingerprint density at radius 3 is 2.68 bits per heavy atom. The first kappa shape index (κ1) is 17.7. The van der Waals surface area contributed by atoms with Gasteiger partial charge in [0.25, 0.3) is 0 Å². The van der Waals surface area contributed by atoms with Gasteiger partial charge in [0.15, 0.2) is 0 Å². The third kappa shape index (κ3) is 3.61. The van der Waals surface area contributed by atoms with Crippen molar-refractivity contribution in [2.75, 3.05) is 38.3 Å². The second kappa shape index (κ2) is 7.39. The minimum absolute atomic E-state index is 0.0544. The van der Waals surface area contributed by atoms with Crippen molar-refractivity contribution in [2.45, 2.75) is 33.6 Å². The summed E-state index contributed by atoms with van der Waals surface area (Å²) in [4.78, 5) is 23.5. The molecule has 2 aromatic heterocycles. The maximum atomic E-state index is 12.2. The van der Waals surface area contributed by atoms with Gasteiger partial charge < -0.3 is 19.4 Å². The second-order valence-corrected chi connectivity index (χ2v) is 6.60. The molecule has 1 amide bonds. The van der Waals surface area contributed by atoms with E-state index < -0.39 is 0 Å². The average Bonchev–Trinajstić information content (AvgIpc) is 2.88. The maximum absolute atomic E-state index is 12.2. The van der Waals surface area contributed by atoms with Gasteiger partial charge in [-0.05, 0) is 33.6 Å². The largest absolute Gasteiger partial charge is 0.443 e. The van der Waals surface area contributed by atoms with Gasteiger partial charge in [-0.1, -0.05) is 0 Å². The van der Waals surface area contributed by atoms with E-state index in [2.05, 4.69) is 20.2 Å². The lowest BCUT2D eigenvalue weighted by atomic mass is 9.95. The van der Waals surface area contributed by atoms with Crippen molar-refractivity contribution in [3.63, 3.8) is 0 Å². The molecule has 1 aliphatic heterocycles. The molecule has 0 aromatic carbocycles. The number of rotatable bonds is 5. The van der Waals surface area contributed by atoms with Gasteiger partial charge in [-0.2, -0.15) is 4.98 Å². The first-order valence-electron chi connectivity index (χ1n) is 8.77. The van der Waals surface area contributed by atoms with Crippen LogP contribution in [0.15, 0.2) is 4.42 Å². The molecule has 0 spiro atoms. The highest BCUT2D eigenvalue weighted by Gasteiger charge is 2.27. The van der Waals surface area contributed by atoms with Crippen LogP contribution in [0, 0.1) is 26.7 Å². The molecule has 2 aromatic rings. The topological polar surface area (TPSA) is 80.5 Å². The van der Waals surface area contributed by atoms with Crippen LogP contribution in [-0.4, -0.2) is 49.2 Å². The number of ether oxygens (including phenoxy) is 1. The Morgan fingerprint density at radius 1 is 1.28 bits per heavy atom. The zero-order valence-corrected chi connectivity index (χ0v) is 15.4. The van der Waals surface area contributed by atoms with E-state index in [9.17, 15) is 4.79 Å². The fourth-order valence-corrected chi connectivity index (χ4v) is 3.34. The highest BCUT2D eigenvalue weighted by atomic mass is 16.5. The molecule has 7 heteroatoms. The van der Waals surface area contributed by atoms with Gasteiger partial charge in [-0.3, -0.25) is 4.79 Å². The molecule has 1 N–H and O–H groups in total. The molecule has 7 nitrogen and oxygen atoms in total. The number of nitrogens with one attached hydrogen (secondary N) is 1. The predicted octanol–water partition coefficient (Wildman–Crippen LogP) is 2.13. The number of hydrogen-bond acceptors (Lipinski definition) is 6. The fraction of sp³-hybridized carbons (Fsp3) is 0.611. The van der Waals surface area contributed by atoms with Crippen molar-refractivity contribution in [1.29, 1.82) is 0 Å². The summed E-state index contributed by atoms with van der Waals surface area (Å²) in [5.41, 5.74) is 1.74. The van der Waals surface area contributed by atoms with Gasteiger partial charge in [0, 0.05) is 38.2 Å². The Labute approximate surface area is 147 Å². The van der Waals surface area contributed by atoms with Crippen LogP contribution >= 0.6 is 0 Å². The molecule has 1 saturated heterocycles. The van der Waals surface area contributed by atoms with Crippen LogP contribution in [0.2, 0.25) is 0 Å². The number of carbonyl (C=O) groups excluding carboxylic acids is 1. The molecule has 0 unspecified atom stereocenters. The van der Waals surface area contributed by atoms with E-state index in [1.807, 2.05) is 20.8 Å². The maximum Gasteiger partial charge on any atom is 0.231 e. The van der Waals surface area contributed by atoms with E-state index in [4.69, 9.17) is 9.15 Å². The number of aryl methyl sites for hydroxylation is 3. The molecule has 1 fully saturated rings. The zero-order chi connectivity index (χ0) is 18.0. The van der Waals surface area contributed by atoms with Crippen molar-refractivity contribution in [1.82, 2.24) is 15.3 Å². The Hall–Kier alpha value is -2.15. The average molecular weight is 346 g/mol. The number of methoxy groups -OCH3 is 1. The Balaban J connectivity index is 1.73. The lowest BCUT2D eigenvalue weighted by Crippen LogP contribution is -2.41. The molecule has 0 aliphatic carbocycles. The van der Waals surface area contributed by atoms with Crippen molar-refractivity contribution < 1.29 is 13.9 Å². The summed E-state index contributed by atoms with van der Waals surface area (Å²) < 4.78 is 10.7. The molecular formula is C18H26N4O3. The van der Waals surface area contributed by atoms with Crippen molar-refractivity contribution >= 4 is 22.8 Å². The molecule has 25 heavy (non-hydrogen) atoms. The summed E-state index contributed by atoms with van der Waals surface area (Å²) >= 11 is 0. The highest BCUT2D eigenvalue weighted by Crippen LogP contribution is 2.33. The standard InChI is InChI=1S/C18H26N4O3/c1-11-12(2)25-18-15(11)16(20-13(3)21-18)22-8-5-14(6-9-22)17(23)19-7-10-24-4/h14H,5-10H2,1-4H3,(H,19,23). The highest BCUT2D eigenvalue weighted by molar-refractivity contribution is 5.90. The van der Waals surface area contributed by atoms with Crippen LogP contribution in [0.4, 0.5) is 5.82 Å². The SMILES string of the molecule is COCCNC(=O)C1CCN(c2nc(C)nc3oc(C)c(C)c23)CC1. The monoisotopic (exact) mass is 346 g/mol. The number of aromatic nitrogens is 2. The lowest BCUT2D eigenvalue weighted by molar-refractivity contribution is -0.125. The quantitative estimate of drug-likeness (QED) is 0.836. The molecular weight excluding hydrogens is 320 g/mol. The van der Waals surface area contributed by atoms with Crippen LogP contribution in [0.5, 0.6) is 0 Å². The van der Waals surface area contributed by atoms with Gasteiger partial charge in [-0.25, -0.2) is 4.98 Å². The third-order valence-electron chi connectivity index (χ3n) is 4.89. The second-order valence-electron chi connectivity index (χ2n) is 6.60. The summed E-state index contributed by atoms with van der Waals surface area (Å²) in [6.45, 7) is 8.59. The smallest absolute Gasteiger partial charge is 0.231 e. The van der Waals surface area contributed by atoms with Crippen molar-refractivity contribution in [2.24, 2.45) is 5.92 Å². The number of fused-ring (bicyclic) bond motifs is 1. The van der Waals surface area contributed by atoms with Crippen molar-refractivity contribution in [3.8, 4) is 0 Å². The molecule has 136 valence electrons. The van der Waals surface area contributed by atoms with Gasteiger partial charge in [0.2, 0.25) is 11.6 Å². The number of piperidine rings is 1. The molecule has 0 radical (unpaired) electrons. The van der Waals surface area contributed by atoms with E-state index in [1.54, 1.807) is 7.11 Å². The first-order chi connectivity index (χ1) is 12.0. The number of nitrogens with zero attached hydrogens (tertiary/aromatic N) is 3. The van der Waals surface area contributed by atoms with Crippen LogP contribution in [0.1, 0.15) is 30.0 Å². The first-order valence-corrected chi connectivity index (χ1v) is 8.77. The van der Waals surface area contributed by atoms with Gasteiger partial charge in [0.05, 0.1) is 12.0 Å². The van der Waals surface area contributed by atoms with Crippen LogP contribution < -0.4 is 10.2 Å². The minimum Gasteiger partial charge on any atom is -0.443 e. The number of furan rings is 1. The Morgan fingerprint density at radius 2 is 2.00 bits per heavy atom. The van der Waals surface area contributed by atoms with E-state index in [0.717, 1.165) is 48.5 Å². The molecule has 0 saturated carbocycles. The molecule has 3 heterocycles. The predicted molar refractivity (Wildman–Crippen MR) is 95.8 cm³/mol. The molecule has 1 aliphatic rings. The number of anilines is 1. The van der Waals surface area contributed by atoms with Crippen LogP contribution in [0.3, 0.4) is 0 Å². The van der Waals surface area contributed by atoms with E-state index >= 15 is 0 Å². The van der Waals surface area contributed by atoms with Crippen molar-refractivity contribution in [3.05, 3.63) is 17.1 Å². The van der Waals surface area contributed by atoms with Crippen LogP contribution in [0.25, 0.3) is 11.1 Å². The molecule has 3 rings (SSSR count). The zero-order valence-electron chi connectivity index (χ0n) is 15.4. The molecule has 0 bridgehead atoms. The Kier molecular flexibility index (Phi) is 5.22. The third-order valence-corrected chi connectivity index (χ3v) is 4.89. The van der Waals surface area contributed by atoms with Gasteiger partial charge in [0.1, 0.15) is 17.4 Å². The van der Waals surface area contributed by atoms with Gasteiger partial charge >= 0.3 is 0 Å². The Bertz CT molecular complexity index is 763. The summed E-state index contributed by atoms with van der Waals surface area (Å²) in [7, 11) is 1.63. The van der Waals surface area contributed by atoms with E-state index in [1.165, 1.54) is 0 Å².